The summed E-state index contributed by atoms with van der Waals surface area (Å²) in [6.07, 6.45) is 1.82. The molecule has 1 rings (SSSR count). The lowest BCUT2D eigenvalue weighted by Gasteiger charge is -2.34. The summed E-state index contributed by atoms with van der Waals surface area (Å²) in [5.41, 5.74) is 4.79. The normalized spacial score (nSPS) is 25.5. The molecule has 0 aromatic carbocycles. The molecule has 0 aromatic rings. The Morgan fingerprint density at radius 1 is 1.65 bits per heavy atom. The second-order valence-electron chi connectivity index (χ2n) is 4.88. The molecule has 1 fully saturated rings. The minimum atomic E-state index is -1.06. The highest BCUT2D eigenvalue weighted by molar-refractivity contribution is 5.78. The minimum absolute atomic E-state index is 0.419. The maximum absolute atomic E-state index is 11.0. The number of carbonyl (C=O) groups is 1. The predicted octanol–water partition coefficient (Wildman–Crippen LogP) is 0.679. The Hall–Kier alpha value is -0.650. The first-order chi connectivity index (χ1) is 7.99. The third-order valence-corrected chi connectivity index (χ3v) is 3.63. The fourth-order valence-corrected chi connectivity index (χ4v) is 2.13. The van der Waals surface area contributed by atoms with Crippen molar-refractivity contribution in [1.82, 2.24) is 4.90 Å². The topological polar surface area (TPSA) is 75.8 Å². The Bertz CT molecular complexity index is 260. The molecule has 5 nitrogen and oxygen atoms in total. The van der Waals surface area contributed by atoms with Gasteiger partial charge in [0.1, 0.15) is 5.54 Å². The van der Waals surface area contributed by atoms with Gasteiger partial charge in [-0.2, -0.15) is 0 Å². The number of hydrogen-bond donors (Lipinski definition) is 2. The Balaban J connectivity index is 2.33. The van der Waals surface area contributed by atoms with E-state index in [9.17, 15) is 4.79 Å². The molecule has 1 aliphatic rings. The van der Waals surface area contributed by atoms with Gasteiger partial charge in [0.2, 0.25) is 0 Å². The van der Waals surface area contributed by atoms with Gasteiger partial charge in [0, 0.05) is 12.6 Å². The monoisotopic (exact) mass is 244 g/mol. The Labute approximate surface area is 103 Å². The zero-order valence-corrected chi connectivity index (χ0v) is 10.8. The highest BCUT2D eigenvalue weighted by Gasteiger charge is 2.31. The lowest BCUT2D eigenvalue weighted by molar-refractivity contribution is -0.143. The number of aliphatic carboxylic acids is 1. The van der Waals surface area contributed by atoms with Crippen LogP contribution in [-0.2, 0) is 9.53 Å². The number of carboxylic acids is 1. The molecule has 0 aliphatic carbocycles. The number of ether oxygens (including phenoxy) is 1. The second kappa shape index (κ2) is 6.33. The molecule has 2 unspecified atom stereocenters. The van der Waals surface area contributed by atoms with Gasteiger partial charge < -0.3 is 15.6 Å². The van der Waals surface area contributed by atoms with E-state index in [-0.39, 0.29) is 0 Å². The number of nitrogens with zero attached hydrogens (tertiary/aromatic N) is 1. The third kappa shape index (κ3) is 3.94. The maximum Gasteiger partial charge on any atom is 0.323 e. The summed E-state index contributed by atoms with van der Waals surface area (Å²) < 4.78 is 5.36. The quantitative estimate of drug-likeness (QED) is 0.718. The van der Waals surface area contributed by atoms with Crippen LogP contribution in [0.4, 0.5) is 0 Å². The van der Waals surface area contributed by atoms with Gasteiger partial charge in [0.05, 0.1) is 13.2 Å². The van der Waals surface area contributed by atoms with Crippen LogP contribution in [0.25, 0.3) is 0 Å². The molecule has 0 saturated carbocycles. The van der Waals surface area contributed by atoms with Gasteiger partial charge in [-0.25, -0.2) is 0 Å². The second-order valence-corrected chi connectivity index (χ2v) is 4.88. The van der Waals surface area contributed by atoms with E-state index in [1.54, 1.807) is 0 Å². The molecule has 0 aromatic heterocycles. The van der Waals surface area contributed by atoms with Crippen LogP contribution >= 0.6 is 0 Å². The molecule has 2 atom stereocenters. The van der Waals surface area contributed by atoms with E-state index in [1.165, 1.54) is 0 Å². The smallest absolute Gasteiger partial charge is 0.323 e. The van der Waals surface area contributed by atoms with E-state index in [2.05, 4.69) is 11.8 Å². The van der Waals surface area contributed by atoms with Crippen molar-refractivity contribution in [2.45, 2.75) is 44.7 Å². The van der Waals surface area contributed by atoms with Crippen molar-refractivity contribution in [3.8, 4) is 0 Å². The molecule has 5 heteroatoms. The van der Waals surface area contributed by atoms with Crippen molar-refractivity contribution >= 4 is 5.97 Å². The summed E-state index contributed by atoms with van der Waals surface area (Å²) in [5, 5.41) is 9.06. The van der Waals surface area contributed by atoms with Gasteiger partial charge in [-0.15, -0.1) is 0 Å². The molecule has 1 aliphatic heterocycles. The number of morpholine rings is 1. The molecule has 0 radical (unpaired) electrons. The Morgan fingerprint density at radius 2 is 2.35 bits per heavy atom. The van der Waals surface area contributed by atoms with E-state index in [0.29, 0.717) is 18.9 Å². The Kier molecular flexibility index (Phi) is 5.36. The molecule has 1 heterocycles. The van der Waals surface area contributed by atoms with E-state index in [0.717, 1.165) is 32.7 Å². The summed E-state index contributed by atoms with van der Waals surface area (Å²) in [4.78, 5) is 13.4. The lowest BCUT2D eigenvalue weighted by atomic mass is 9.91. The first-order valence-corrected chi connectivity index (χ1v) is 6.33. The number of carboxylic acid groups (broad SMARTS) is 1. The molecular weight excluding hydrogens is 220 g/mol. The van der Waals surface area contributed by atoms with Gasteiger partial charge >= 0.3 is 5.97 Å². The largest absolute Gasteiger partial charge is 0.480 e. The van der Waals surface area contributed by atoms with E-state index < -0.39 is 11.5 Å². The van der Waals surface area contributed by atoms with E-state index >= 15 is 0 Å². The summed E-state index contributed by atoms with van der Waals surface area (Å²) in [5.74, 6) is -0.893. The van der Waals surface area contributed by atoms with Crippen molar-refractivity contribution in [1.29, 1.82) is 0 Å². The molecule has 100 valence electrons. The fraction of sp³-hybridized carbons (Fsp3) is 0.917. The van der Waals surface area contributed by atoms with Crippen molar-refractivity contribution in [3.05, 3.63) is 0 Å². The summed E-state index contributed by atoms with van der Waals surface area (Å²) in [6, 6.07) is 0.419. The minimum Gasteiger partial charge on any atom is -0.480 e. The van der Waals surface area contributed by atoms with E-state index in [1.807, 2.05) is 6.92 Å². The van der Waals surface area contributed by atoms with Crippen LogP contribution in [0, 0.1) is 0 Å². The molecule has 0 amide bonds. The Morgan fingerprint density at radius 3 is 2.88 bits per heavy atom. The molecule has 1 saturated heterocycles. The van der Waals surface area contributed by atoms with Crippen LogP contribution in [0.15, 0.2) is 0 Å². The molecular formula is C12H24N2O3. The average molecular weight is 244 g/mol. The molecule has 17 heavy (non-hydrogen) atoms. The van der Waals surface area contributed by atoms with Gasteiger partial charge in [-0.3, -0.25) is 9.69 Å². The van der Waals surface area contributed by atoms with Gasteiger partial charge in [-0.1, -0.05) is 6.92 Å². The first kappa shape index (κ1) is 14.4. The first-order valence-electron chi connectivity index (χ1n) is 6.33. The third-order valence-electron chi connectivity index (χ3n) is 3.63. The SMILES string of the molecule is CCC(N)(CCCN1CCOCC1C)C(=O)O. The van der Waals surface area contributed by atoms with Crippen molar-refractivity contribution < 1.29 is 14.6 Å². The van der Waals surface area contributed by atoms with Crippen molar-refractivity contribution in [3.63, 3.8) is 0 Å². The lowest BCUT2D eigenvalue weighted by Crippen LogP contribution is -2.49. The molecule has 0 spiro atoms. The van der Waals surface area contributed by atoms with Crippen molar-refractivity contribution in [2.75, 3.05) is 26.3 Å². The number of hydrogen-bond acceptors (Lipinski definition) is 4. The van der Waals surface area contributed by atoms with Crippen molar-refractivity contribution in [2.24, 2.45) is 5.73 Å². The number of rotatable bonds is 6. The van der Waals surface area contributed by atoms with Gasteiger partial charge in [0.15, 0.2) is 0 Å². The average Bonchev–Trinajstić information content (AvgIpc) is 2.31. The van der Waals surface area contributed by atoms with Crippen LogP contribution in [0.2, 0.25) is 0 Å². The van der Waals surface area contributed by atoms with Crippen LogP contribution in [0.1, 0.15) is 33.1 Å². The summed E-state index contributed by atoms with van der Waals surface area (Å²) in [6.45, 7) is 7.32. The highest BCUT2D eigenvalue weighted by atomic mass is 16.5. The van der Waals surface area contributed by atoms with Crippen LogP contribution < -0.4 is 5.73 Å². The predicted molar refractivity (Wildman–Crippen MR) is 65.9 cm³/mol. The zero-order valence-electron chi connectivity index (χ0n) is 10.8. The molecule has 0 bridgehead atoms. The fourth-order valence-electron chi connectivity index (χ4n) is 2.13. The highest BCUT2D eigenvalue weighted by Crippen LogP contribution is 2.16. The molecule has 3 N–H and O–H groups in total. The van der Waals surface area contributed by atoms with Gasteiger partial charge in [0.25, 0.3) is 0 Å². The van der Waals surface area contributed by atoms with Gasteiger partial charge in [-0.05, 0) is 32.7 Å². The summed E-state index contributed by atoms with van der Waals surface area (Å²) >= 11 is 0. The maximum atomic E-state index is 11.0. The standard InChI is InChI=1S/C12H24N2O3/c1-3-12(13,11(15)16)5-4-6-14-7-8-17-9-10(14)2/h10H,3-9,13H2,1-2H3,(H,15,16). The summed E-state index contributed by atoms with van der Waals surface area (Å²) in [7, 11) is 0. The van der Waals surface area contributed by atoms with Crippen LogP contribution in [0.3, 0.4) is 0 Å². The van der Waals surface area contributed by atoms with Crippen LogP contribution in [0.5, 0.6) is 0 Å². The zero-order chi connectivity index (χ0) is 12.9. The van der Waals surface area contributed by atoms with E-state index in [4.69, 9.17) is 15.6 Å². The number of nitrogens with two attached hydrogens (primary N) is 1. The van der Waals surface area contributed by atoms with Crippen LogP contribution in [-0.4, -0.2) is 53.9 Å².